The van der Waals surface area contributed by atoms with Crippen molar-refractivity contribution in [3.05, 3.63) is 0 Å². The minimum Gasteiger partial charge on any atom is -0.481 e. The lowest BCUT2D eigenvalue weighted by Gasteiger charge is -2.33. The van der Waals surface area contributed by atoms with E-state index in [-0.39, 0.29) is 32.2 Å². The van der Waals surface area contributed by atoms with Crippen molar-refractivity contribution < 1.29 is 75.3 Å². The monoisotopic (exact) mass is 814 g/mol. The van der Waals surface area contributed by atoms with Gasteiger partial charge < -0.3 is 41.7 Å². The first-order chi connectivity index (χ1) is 25.8. The molecule has 1 heterocycles. The first kappa shape index (κ1) is 49.1. The molecule has 22 heteroatoms. The summed E-state index contributed by atoms with van der Waals surface area (Å²) in [6.07, 6.45) is -8.48. The van der Waals surface area contributed by atoms with Crippen molar-refractivity contribution in [1.29, 1.82) is 0 Å². The number of hydrogen-bond acceptors (Lipinski definition) is 9. The highest BCUT2D eigenvalue weighted by Gasteiger charge is 2.64. The Morgan fingerprint density at radius 2 is 1.30 bits per heavy atom. The van der Waals surface area contributed by atoms with Gasteiger partial charge in [0.05, 0.1) is 12.5 Å². The lowest BCUT2D eigenvalue weighted by molar-refractivity contribution is -0.269. The average Bonchev–Trinajstić information content (AvgIpc) is 3.59. The third-order valence-electron chi connectivity index (χ3n) is 9.09. The standard InChI is InChI=1S/C34H51F5N6O11/c1-7-10-19(27(51)33(35,36)34(37,38)39)41-30(54)22-11-9-14-45(22)32(56)25(16(3)4)43-31(55)26(17(5)8-2)44-28(52)20(12-13-23(47)48)42-29(53)21(15-24(49)50)40-18(6)46/h16-17,19-22,25-26H,7-15H2,1-6H3,(H,40,46)(H,41,54)(H,42,53)(H,43,55)(H,44,52)(H,47,48)(H,49,50)/t17?,19?,20-,21+,22+,25+,26+/m1/s1. The van der Waals surface area contributed by atoms with Gasteiger partial charge in [-0.2, -0.15) is 22.0 Å². The third-order valence-corrected chi connectivity index (χ3v) is 9.09. The lowest BCUT2D eigenvalue weighted by atomic mass is 9.95. The molecule has 1 aliphatic rings. The highest BCUT2D eigenvalue weighted by atomic mass is 19.4. The second kappa shape index (κ2) is 21.4. The summed E-state index contributed by atoms with van der Waals surface area (Å²) in [6, 6.07) is -9.73. The zero-order valence-corrected chi connectivity index (χ0v) is 31.9. The fourth-order valence-electron chi connectivity index (χ4n) is 5.82. The van der Waals surface area contributed by atoms with E-state index >= 15 is 0 Å². The number of Topliss-reactive ketones (excluding diaryl/α,β-unsaturated/α-hetero) is 1. The summed E-state index contributed by atoms with van der Waals surface area (Å²) in [5.74, 6) is -18.4. The van der Waals surface area contributed by atoms with Crippen molar-refractivity contribution in [3.8, 4) is 0 Å². The molecule has 6 amide bonds. The van der Waals surface area contributed by atoms with E-state index in [1.54, 1.807) is 13.8 Å². The summed E-state index contributed by atoms with van der Waals surface area (Å²) in [6.45, 7) is 8.59. The SMILES string of the molecule is CCCC(NC(=O)[C@@H]1CCCN1C(=O)[C@@H](NC(=O)[C@@H](NC(=O)[C@@H](CCC(=O)O)NC(=O)[C@H](CC(=O)O)NC(C)=O)C(C)CC)C(C)C)C(=O)C(F)(F)C(F)(F)F. The topological polar surface area (TPSA) is 257 Å². The van der Waals surface area contributed by atoms with Gasteiger partial charge in [0.25, 0.3) is 0 Å². The van der Waals surface area contributed by atoms with E-state index in [2.05, 4.69) is 21.3 Å². The maximum atomic E-state index is 13.9. The van der Waals surface area contributed by atoms with Gasteiger partial charge >= 0.3 is 24.0 Å². The summed E-state index contributed by atoms with van der Waals surface area (Å²) in [7, 11) is 0. The largest absolute Gasteiger partial charge is 0.481 e. The minimum absolute atomic E-state index is 0.0523. The summed E-state index contributed by atoms with van der Waals surface area (Å²) >= 11 is 0. The fourth-order valence-corrected chi connectivity index (χ4v) is 5.82. The maximum absolute atomic E-state index is 13.9. The van der Waals surface area contributed by atoms with Gasteiger partial charge in [0.2, 0.25) is 41.2 Å². The zero-order valence-electron chi connectivity index (χ0n) is 31.9. The molecule has 0 saturated carbocycles. The Hall–Kier alpha value is -4.92. The first-order valence-electron chi connectivity index (χ1n) is 18.0. The molecular weight excluding hydrogens is 763 g/mol. The highest BCUT2D eigenvalue weighted by molar-refractivity contribution is 5.99. The van der Waals surface area contributed by atoms with Gasteiger partial charge in [-0.25, -0.2) is 0 Å². The predicted molar refractivity (Wildman–Crippen MR) is 184 cm³/mol. The molecule has 0 spiro atoms. The molecule has 0 aromatic heterocycles. The van der Waals surface area contributed by atoms with Crippen LogP contribution in [0.4, 0.5) is 22.0 Å². The Morgan fingerprint density at radius 1 is 0.732 bits per heavy atom. The molecule has 1 fully saturated rings. The molecule has 1 saturated heterocycles. The number of aliphatic carboxylic acids is 2. The number of amides is 6. The molecule has 0 radical (unpaired) electrons. The number of nitrogens with zero attached hydrogens (tertiary/aromatic N) is 1. The summed E-state index contributed by atoms with van der Waals surface area (Å²) in [4.78, 5) is 115. The molecule has 0 bridgehead atoms. The number of ketones is 1. The van der Waals surface area contributed by atoms with Crippen molar-refractivity contribution in [1.82, 2.24) is 31.5 Å². The Bertz CT molecular complexity index is 1460. The molecule has 17 nitrogen and oxygen atoms in total. The number of carboxylic acid groups (broad SMARTS) is 2. The van der Waals surface area contributed by atoms with Crippen LogP contribution in [-0.2, 0) is 43.2 Å². The van der Waals surface area contributed by atoms with Gasteiger partial charge in [0.15, 0.2) is 0 Å². The molecule has 56 heavy (non-hydrogen) atoms. The molecular formula is C34H51F5N6O11. The van der Waals surface area contributed by atoms with Crippen molar-refractivity contribution in [3.63, 3.8) is 0 Å². The smallest absolute Gasteiger partial charge is 0.461 e. The maximum Gasteiger partial charge on any atom is 0.461 e. The molecule has 1 aliphatic heterocycles. The van der Waals surface area contributed by atoms with Crippen LogP contribution < -0.4 is 26.6 Å². The van der Waals surface area contributed by atoms with Crippen LogP contribution in [0.3, 0.4) is 0 Å². The number of carbonyl (C=O) groups excluding carboxylic acids is 7. The van der Waals surface area contributed by atoms with Crippen molar-refractivity contribution in [2.75, 3.05) is 6.54 Å². The molecule has 318 valence electrons. The first-order valence-corrected chi connectivity index (χ1v) is 18.0. The van der Waals surface area contributed by atoms with Gasteiger partial charge in [-0.3, -0.25) is 43.2 Å². The van der Waals surface area contributed by atoms with E-state index in [0.29, 0.717) is 0 Å². The molecule has 0 aliphatic carbocycles. The van der Waals surface area contributed by atoms with Gasteiger partial charge in [0, 0.05) is 19.9 Å². The van der Waals surface area contributed by atoms with E-state index in [1.807, 2.05) is 5.32 Å². The number of nitrogens with one attached hydrogen (secondary N) is 5. The van der Waals surface area contributed by atoms with Crippen LogP contribution in [-0.4, -0.2) is 123 Å². The van der Waals surface area contributed by atoms with Crippen LogP contribution >= 0.6 is 0 Å². The van der Waals surface area contributed by atoms with Gasteiger partial charge in [0.1, 0.15) is 30.2 Å². The zero-order chi connectivity index (χ0) is 43.3. The van der Waals surface area contributed by atoms with Crippen molar-refractivity contribution in [2.24, 2.45) is 11.8 Å². The van der Waals surface area contributed by atoms with Gasteiger partial charge in [-0.1, -0.05) is 47.5 Å². The van der Waals surface area contributed by atoms with E-state index < -0.39 is 139 Å². The number of hydrogen-bond donors (Lipinski definition) is 7. The van der Waals surface area contributed by atoms with Crippen molar-refractivity contribution in [2.45, 2.75) is 141 Å². The molecule has 0 aromatic rings. The molecule has 1 rings (SSSR count). The van der Waals surface area contributed by atoms with E-state index in [1.165, 1.54) is 20.8 Å². The Labute approximate surface area is 319 Å². The van der Waals surface area contributed by atoms with Crippen LogP contribution in [0.15, 0.2) is 0 Å². The van der Waals surface area contributed by atoms with Crippen LogP contribution in [0, 0.1) is 11.8 Å². The predicted octanol–water partition coefficient (Wildman–Crippen LogP) is 1.03. The van der Waals surface area contributed by atoms with E-state index in [0.717, 1.165) is 11.8 Å². The second-order valence-corrected chi connectivity index (χ2v) is 13.9. The number of carboxylic acids is 2. The summed E-state index contributed by atoms with van der Waals surface area (Å²) < 4.78 is 66.7. The molecule has 7 atom stereocenters. The van der Waals surface area contributed by atoms with Crippen LogP contribution in [0.25, 0.3) is 0 Å². The molecule has 0 aromatic carbocycles. The molecule has 7 N–H and O–H groups in total. The Morgan fingerprint density at radius 3 is 1.79 bits per heavy atom. The Kier molecular flexibility index (Phi) is 18.8. The highest BCUT2D eigenvalue weighted by Crippen LogP contribution is 2.37. The molecule has 2 unspecified atom stereocenters. The Balaban J connectivity index is 3.33. The minimum atomic E-state index is -6.21. The van der Waals surface area contributed by atoms with Crippen LogP contribution in [0.1, 0.15) is 92.9 Å². The van der Waals surface area contributed by atoms with Crippen molar-refractivity contribution >= 4 is 53.2 Å². The third kappa shape index (κ3) is 14.0. The van der Waals surface area contributed by atoms with Gasteiger partial charge in [-0.05, 0) is 37.5 Å². The van der Waals surface area contributed by atoms with Gasteiger partial charge in [-0.15, -0.1) is 0 Å². The van der Waals surface area contributed by atoms with Crippen LogP contribution in [0.5, 0.6) is 0 Å². The summed E-state index contributed by atoms with van der Waals surface area (Å²) in [5.41, 5.74) is 0. The van der Waals surface area contributed by atoms with E-state index in [4.69, 9.17) is 5.11 Å². The normalized spacial score (nSPS) is 17.7. The lowest BCUT2D eigenvalue weighted by Crippen LogP contribution is -2.61. The number of likely N-dealkylation sites (tertiary alicyclic amines) is 1. The summed E-state index contributed by atoms with van der Waals surface area (Å²) in [5, 5.41) is 29.7. The number of carbonyl (C=O) groups is 9. The second-order valence-electron chi connectivity index (χ2n) is 13.9. The average molecular weight is 815 g/mol. The number of alkyl halides is 5. The fraction of sp³-hybridized carbons (Fsp3) is 0.735. The number of halogens is 5. The van der Waals surface area contributed by atoms with Crippen LogP contribution in [0.2, 0.25) is 0 Å². The van der Waals surface area contributed by atoms with E-state index in [9.17, 15) is 70.2 Å². The number of rotatable bonds is 22. The quantitative estimate of drug-likeness (QED) is 0.0760.